The predicted octanol–water partition coefficient (Wildman–Crippen LogP) is 1.16. The Labute approximate surface area is 127 Å². The molecule has 0 amide bonds. The molecular weight excluding hydrogens is 321 g/mol. The number of sulfonamides is 1. The third kappa shape index (κ3) is 4.96. The number of alkyl halides is 3. The fourth-order valence-corrected chi connectivity index (χ4v) is 3.05. The van der Waals surface area contributed by atoms with Crippen LogP contribution in [-0.2, 0) is 16.2 Å². The summed E-state index contributed by atoms with van der Waals surface area (Å²) in [6.45, 7) is 2.22. The Morgan fingerprint density at radius 2 is 2.23 bits per heavy atom. The summed E-state index contributed by atoms with van der Waals surface area (Å²) < 4.78 is 62.1. The van der Waals surface area contributed by atoms with Crippen LogP contribution in [0.4, 0.5) is 13.2 Å². The van der Waals surface area contributed by atoms with Gasteiger partial charge < -0.3 is 4.90 Å². The fourth-order valence-electron chi connectivity index (χ4n) is 2.59. The average molecular weight is 340 g/mol. The van der Waals surface area contributed by atoms with E-state index in [1.165, 1.54) is 0 Å². The van der Waals surface area contributed by atoms with E-state index in [9.17, 15) is 21.6 Å². The van der Waals surface area contributed by atoms with Crippen molar-refractivity contribution in [2.75, 3.05) is 32.4 Å². The molecule has 0 spiro atoms. The maximum absolute atomic E-state index is 12.6. The van der Waals surface area contributed by atoms with E-state index in [1.54, 1.807) is 0 Å². The Morgan fingerprint density at radius 3 is 2.82 bits per heavy atom. The Morgan fingerprint density at radius 1 is 1.50 bits per heavy atom. The van der Waals surface area contributed by atoms with E-state index in [2.05, 4.69) is 14.9 Å². The first-order valence-electron chi connectivity index (χ1n) is 6.94. The van der Waals surface area contributed by atoms with E-state index in [0.29, 0.717) is 25.3 Å². The lowest BCUT2D eigenvalue weighted by Gasteiger charge is -2.32. The number of H-pyrrole nitrogens is 1. The van der Waals surface area contributed by atoms with Crippen molar-refractivity contribution in [2.24, 2.45) is 0 Å². The van der Waals surface area contributed by atoms with Gasteiger partial charge in [-0.2, -0.15) is 18.3 Å². The third-order valence-corrected chi connectivity index (χ3v) is 4.35. The van der Waals surface area contributed by atoms with Gasteiger partial charge in [0, 0.05) is 31.2 Å². The molecule has 2 rings (SSSR count). The zero-order valence-corrected chi connectivity index (χ0v) is 13.0. The number of aromatic amines is 1. The van der Waals surface area contributed by atoms with Crippen LogP contribution in [0.2, 0.25) is 0 Å². The molecule has 1 aliphatic heterocycles. The van der Waals surface area contributed by atoms with Gasteiger partial charge in [-0.25, -0.2) is 13.1 Å². The van der Waals surface area contributed by atoms with Crippen LogP contribution in [-0.4, -0.2) is 55.9 Å². The molecule has 6 nitrogen and oxygen atoms in total. The van der Waals surface area contributed by atoms with Crippen LogP contribution < -0.4 is 4.72 Å². The highest BCUT2D eigenvalue weighted by atomic mass is 32.2. The molecule has 2 heterocycles. The molecule has 1 fully saturated rings. The van der Waals surface area contributed by atoms with Gasteiger partial charge in [-0.3, -0.25) is 5.10 Å². The maximum atomic E-state index is 12.6. The second-order valence-corrected chi connectivity index (χ2v) is 7.35. The fraction of sp³-hybridized carbons (Fsp3) is 0.750. The number of likely N-dealkylation sites (tertiary alicyclic amines) is 1. The van der Waals surface area contributed by atoms with E-state index in [1.807, 2.05) is 4.90 Å². The number of hydrogen-bond donors (Lipinski definition) is 2. The van der Waals surface area contributed by atoms with Gasteiger partial charge in [0.2, 0.25) is 10.0 Å². The number of nitrogens with zero attached hydrogens (tertiary/aromatic N) is 2. The summed E-state index contributed by atoms with van der Waals surface area (Å²) >= 11 is 0. The largest absolute Gasteiger partial charge is 0.435 e. The summed E-state index contributed by atoms with van der Waals surface area (Å²) in [4.78, 5) is 2.04. The van der Waals surface area contributed by atoms with Crippen LogP contribution in [0.1, 0.15) is 30.1 Å². The van der Waals surface area contributed by atoms with Crippen molar-refractivity contribution in [3.05, 3.63) is 17.5 Å². The molecule has 2 N–H and O–H groups in total. The summed E-state index contributed by atoms with van der Waals surface area (Å²) in [6.07, 6.45) is -1.71. The normalized spacial score (nSPS) is 21.2. The lowest BCUT2D eigenvalue weighted by Crippen LogP contribution is -2.39. The molecule has 10 heteroatoms. The molecule has 22 heavy (non-hydrogen) atoms. The Balaban J connectivity index is 1.91. The van der Waals surface area contributed by atoms with E-state index in [-0.39, 0.29) is 5.92 Å². The standard InChI is InChI=1S/C12H19F3N4O2S/c1-22(20,21)16-4-6-19-5-2-3-9(8-19)10-7-11(18-17-10)12(13,14)15/h7,9,16H,2-6,8H2,1H3,(H,17,18). The van der Waals surface area contributed by atoms with Crippen molar-refractivity contribution in [1.29, 1.82) is 0 Å². The molecule has 0 saturated carbocycles. The number of halogens is 3. The topological polar surface area (TPSA) is 78.1 Å². The van der Waals surface area contributed by atoms with E-state index in [4.69, 9.17) is 0 Å². The first-order valence-corrected chi connectivity index (χ1v) is 8.84. The molecule has 1 atom stereocenters. The van der Waals surface area contributed by atoms with Crippen LogP contribution in [0.5, 0.6) is 0 Å². The van der Waals surface area contributed by atoms with Gasteiger partial charge in [0.1, 0.15) is 0 Å². The van der Waals surface area contributed by atoms with Crippen LogP contribution in [0, 0.1) is 0 Å². The number of nitrogens with one attached hydrogen (secondary N) is 2. The molecular formula is C12H19F3N4O2S. The molecule has 0 aromatic carbocycles. The molecule has 1 aromatic heterocycles. The summed E-state index contributed by atoms with van der Waals surface area (Å²) in [5, 5.41) is 5.80. The zero-order valence-electron chi connectivity index (χ0n) is 12.2. The van der Waals surface area contributed by atoms with Crippen molar-refractivity contribution in [2.45, 2.75) is 24.9 Å². The summed E-state index contributed by atoms with van der Waals surface area (Å²) in [5.74, 6) is -0.0458. The van der Waals surface area contributed by atoms with E-state index < -0.39 is 21.9 Å². The van der Waals surface area contributed by atoms with Gasteiger partial charge >= 0.3 is 6.18 Å². The quantitative estimate of drug-likeness (QED) is 0.843. The Kier molecular flexibility index (Phi) is 5.13. The van der Waals surface area contributed by atoms with Gasteiger partial charge in [-0.05, 0) is 25.5 Å². The average Bonchev–Trinajstić information content (AvgIpc) is 2.87. The first kappa shape index (κ1) is 17.2. The molecule has 1 saturated heterocycles. The number of hydrogen-bond acceptors (Lipinski definition) is 4. The minimum atomic E-state index is -4.44. The molecule has 1 aromatic rings. The minimum Gasteiger partial charge on any atom is -0.301 e. The predicted molar refractivity (Wildman–Crippen MR) is 74.9 cm³/mol. The number of rotatable bonds is 5. The molecule has 0 radical (unpaired) electrons. The van der Waals surface area contributed by atoms with Gasteiger partial charge in [-0.1, -0.05) is 0 Å². The van der Waals surface area contributed by atoms with Crippen LogP contribution in [0.25, 0.3) is 0 Å². The maximum Gasteiger partial charge on any atom is 0.435 e. The molecule has 1 aliphatic rings. The van der Waals surface area contributed by atoms with Crippen molar-refractivity contribution in [3.63, 3.8) is 0 Å². The van der Waals surface area contributed by atoms with Crippen LogP contribution in [0.3, 0.4) is 0 Å². The first-order chi connectivity index (χ1) is 10.1. The van der Waals surface area contributed by atoms with Crippen molar-refractivity contribution in [1.82, 2.24) is 19.8 Å². The molecule has 126 valence electrons. The summed E-state index contributed by atoms with van der Waals surface area (Å²) in [7, 11) is -3.22. The summed E-state index contributed by atoms with van der Waals surface area (Å²) in [5.41, 5.74) is -0.425. The smallest absolute Gasteiger partial charge is 0.301 e. The van der Waals surface area contributed by atoms with Crippen LogP contribution >= 0.6 is 0 Å². The molecule has 0 bridgehead atoms. The second kappa shape index (κ2) is 6.55. The highest BCUT2D eigenvalue weighted by Gasteiger charge is 2.35. The molecule has 0 aliphatic carbocycles. The number of aromatic nitrogens is 2. The van der Waals surface area contributed by atoms with Crippen molar-refractivity contribution < 1.29 is 21.6 Å². The van der Waals surface area contributed by atoms with Crippen LogP contribution in [0.15, 0.2) is 6.07 Å². The zero-order chi connectivity index (χ0) is 16.4. The van der Waals surface area contributed by atoms with E-state index >= 15 is 0 Å². The Hall–Kier alpha value is -1.13. The SMILES string of the molecule is CS(=O)(=O)NCCN1CCCC(c2cc(C(F)(F)F)n[nH]2)C1. The molecule has 1 unspecified atom stereocenters. The minimum absolute atomic E-state index is 0.0458. The summed E-state index contributed by atoms with van der Waals surface area (Å²) in [6, 6.07) is 1.06. The number of piperidine rings is 1. The van der Waals surface area contributed by atoms with Gasteiger partial charge in [-0.15, -0.1) is 0 Å². The van der Waals surface area contributed by atoms with E-state index in [0.717, 1.165) is 31.7 Å². The highest BCUT2D eigenvalue weighted by molar-refractivity contribution is 7.88. The highest BCUT2D eigenvalue weighted by Crippen LogP contribution is 2.31. The third-order valence-electron chi connectivity index (χ3n) is 3.63. The second-order valence-electron chi connectivity index (χ2n) is 5.51. The Bertz CT molecular complexity index is 600. The lowest BCUT2D eigenvalue weighted by atomic mass is 9.94. The van der Waals surface area contributed by atoms with Gasteiger partial charge in [0.05, 0.1) is 6.26 Å². The van der Waals surface area contributed by atoms with Gasteiger partial charge in [0.15, 0.2) is 5.69 Å². The van der Waals surface area contributed by atoms with Gasteiger partial charge in [0.25, 0.3) is 0 Å². The van der Waals surface area contributed by atoms with Crippen molar-refractivity contribution >= 4 is 10.0 Å². The lowest BCUT2D eigenvalue weighted by molar-refractivity contribution is -0.141. The monoisotopic (exact) mass is 340 g/mol. The van der Waals surface area contributed by atoms with Crippen molar-refractivity contribution in [3.8, 4) is 0 Å².